The van der Waals surface area contributed by atoms with Crippen LogP contribution in [0.1, 0.15) is 18.4 Å². The Morgan fingerprint density at radius 3 is 2.62 bits per heavy atom. The van der Waals surface area contributed by atoms with E-state index < -0.39 is 47.8 Å². The quantitative estimate of drug-likeness (QED) is 0.317. The molecule has 0 aliphatic carbocycles. The molecule has 2 atom stereocenters. The molecule has 40 heavy (non-hydrogen) atoms. The zero-order chi connectivity index (χ0) is 29.2. The number of nitriles is 1. The van der Waals surface area contributed by atoms with Crippen LogP contribution in [0, 0.1) is 23.0 Å². The summed E-state index contributed by atoms with van der Waals surface area (Å²) < 4.78 is 65.8. The van der Waals surface area contributed by atoms with E-state index in [-0.39, 0.29) is 22.9 Å². The van der Waals surface area contributed by atoms with Crippen LogP contribution in [0.25, 0.3) is 10.9 Å². The van der Waals surface area contributed by atoms with E-state index in [9.17, 15) is 41.6 Å². The first-order valence-electron chi connectivity index (χ1n) is 11.8. The van der Waals surface area contributed by atoms with E-state index in [4.69, 9.17) is 5.73 Å². The van der Waals surface area contributed by atoms with E-state index in [1.54, 1.807) is 0 Å². The van der Waals surface area contributed by atoms with Crippen LogP contribution in [0.4, 0.5) is 38.1 Å². The highest BCUT2D eigenvalue weighted by Crippen LogP contribution is 2.29. The van der Waals surface area contributed by atoms with Gasteiger partial charge in [-0.2, -0.15) is 18.4 Å². The van der Waals surface area contributed by atoms with Gasteiger partial charge < -0.3 is 25.8 Å². The van der Waals surface area contributed by atoms with Crippen molar-refractivity contribution in [1.29, 1.82) is 5.26 Å². The maximum absolute atomic E-state index is 13.6. The first-order chi connectivity index (χ1) is 18.9. The van der Waals surface area contributed by atoms with Gasteiger partial charge in [-0.25, -0.2) is 18.4 Å². The van der Waals surface area contributed by atoms with E-state index in [2.05, 4.69) is 15.9 Å². The molecule has 0 saturated carbocycles. The van der Waals surface area contributed by atoms with Crippen molar-refractivity contribution in [3.05, 3.63) is 59.8 Å². The maximum atomic E-state index is 13.6. The van der Waals surface area contributed by atoms with Gasteiger partial charge in [0.25, 0.3) is 0 Å². The van der Waals surface area contributed by atoms with Gasteiger partial charge in [-0.1, -0.05) is 0 Å². The van der Waals surface area contributed by atoms with E-state index in [0.29, 0.717) is 48.0 Å². The lowest BCUT2D eigenvalue weighted by Gasteiger charge is -2.23. The van der Waals surface area contributed by atoms with Gasteiger partial charge in [0.05, 0.1) is 17.8 Å². The second-order valence-corrected chi connectivity index (χ2v) is 8.90. The first kappa shape index (κ1) is 28.3. The number of likely N-dealkylation sites (tertiary alicyclic amines) is 1. The summed E-state index contributed by atoms with van der Waals surface area (Å²) in [5, 5.41) is 11.7. The van der Waals surface area contributed by atoms with Crippen LogP contribution >= 0.6 is 0 Å². The average Bonchev–Trinajstić information content (AvgIpc) is 3.55. The van der Waals surface area contributed by atoms with Crippen molar-refractivity contribution >= 4 is 40.2 Å². The summed E-state index contributed by atoms with van der Waals surface area (Å²) in [7, 11) is 0. The topological polar surface area (TPSA) is 145 Å². The minimum Gasteiger partial charge on any atom is -0.361 e. The summed E-state index contributed by atoms with van der Waals surface area (Å²) >= 11 is 0. The Labute approximate surface area is 223 Å². The van der Waals surface area contributed by atoms with E-state index in [1.807, 2.05) is 5.32 Å². The molecule has 4 rings (SSSR count). The number of nitrogens with zero attached hydrogens (tertiary/aromatic N) is 3. The molecular weight excluding hydrogens is 543 g/mol. The predicted molar refractivity (Wildman–Crippen MR) is 130 cm³/mol. The van der Waals surface area contributed by atoms with Gasteiger partial charge in [-0.05, 0) is 55.2 Å². The van der Waals surface area contributed by atoms with Gasteiger partial charge in [-0.15, -0.1) is 5.06 Å². The number of H-pyrrole nitrogens is 1. The van der Waals surface area contributed by atoms with Crippen LogP contribution in [0.2, 0.25) is 0 Å². The number of carbonyl (C=O) groups is 3. The number of halogens is 5. The number of aromatic nitrogens is 1. The molecule has 3 amide bonds. The smallest absolute Gasteiger partial charge is 0.361 e. The number of rotatable bonds is 5. The van der Waals surface area contributed by atoms with Gasteiger partial charge in [-0.3, -0.25) is 4.79 Å². The molecule has 4 N–H and O–H groups in total. The van der Waals surface area contributed by atoms with Crippen molar-refractivity contribution in [1.82, 2.24) is 9.88 Å². The molecule has 1 aromatic heterocycles. The number of anilines is 2. The predicted octanol–water partition coefficient (Wildman–Crippen LogP) is 3.89. The summed E-state index contributed by atoms with van der Waals surface area (Å²) in [6.45, 7) is 0.384. The number of fused-ring (bicyclic) bond motifs is 1. The van der Waals surface area contributed by atoms with Crippen LogP contribution < -0.4 is 16.1 Å². The molecule has 2 heterocycles. The minimum atomic E-state index is -5.46. The normalized spacial score (nSPS) is 15.9. The average molecular weight is 564 g/mol. The van der Waals surface area contributed by atoms with Crippen molar-refractivity contribution < 1.29 is 41.2 Å². The Hall–Kier alpha value is -4.71. The molecular formula is C25H21F5N6O4. The molecule has 0 spiro atoms. The fourth-order valence-electron chi connectivity index (χ4n) is 4.26. The van der Waals surface area contributed by atoms with Gasteiger partial charge in [0, 0.05) is 35.4 Å². The van der Waals surface area contributed by atoms with Crippen molar-refractivity contribution in [2.75, 3.05) is 16.9 Å². The number of alkyl halides is 3. The fraction of sp³-hybridized carbons (Fsp3) is 0.280. The number of hydroxylamine groups is 1. The molecule has 2 aromatic carbocycles. The second-order valence-electron chi connectivity index (χ2n) is 8.90. The highest BCUT2D eigenvalue weighted by atomic mass is 19.4. The Balaban J connectivity index is 1.63. The second kappa shape index (κ2) is 11.2. The number of urea groups is 1. The molecule has 1 aliphatic rings. The Bertz CT molecular complexity index is 1500. The van der Waals surface area contributed by atoms with Gasteiger partial charge in [0.15, 0.2) is 11.6 Å². The molecule has 1 saturated heterocycles. The monoisotopic (exact) mass is 564 g/mol. The Morgan fingerprint density at radius 2 is 1.95 bits per heavy atom. The molecule has 15 heteroatoms. The number of benzene rings is 2. The highest BCUT2D eigenvalue weighted by Gasteiger charge is 2.44. The number of nitrogens with one attached hydrogen (secondary N) is 2. The molecule has 3 aromatic rings. The van der Waals surface area contributed by atoms with Crippen molar-refractivity contribution in [2.45, 2.75) is 37.5 Å². The van der Waals surface area contributed by atoms with Crippen LogP contribution in [-0.2, 0) is 20.8 Å². The largest absolute Gasteiger partial charge is 0.493 e. The molecule has 0 bridgehead atoms. The summed E-state index contributed by atoms with van der Waals surface area (Å²) in [4.78, 5) is 45.9. The summed E-state index contributed by atoms with van der Waals surface area (Å²) in [5.74, 6) is -5.72. The summed E-state index contributed by atoms with van der Waals surface area (Å²) in [5.41, 5.74) is 6.36. The van der Waals surface area contributed by atoms with Gasteiger partial charge >= 0.3 is 18.2 Å². The van der Waals surface area contributed by atoms with Crippen LogP contribution in [0.3, 0.4) is 0 Å². The number of aromatic amines is 1. The third kappa shape index (κ3) is 5.96. The van der Waals surface area contributed by atoms with Gasteiger partial charge in [0.2, 0.25) is 5.91 Å². The summed E-state index contributed by atoms with van der Waals surface area (Å²) in [6, 6.07) is 4.98. The van der Waals surface area contributed by atoms with Crippen LogP contribution in [-0.4, -0.2) is 52.6 Å². The standard InChI is InChI=1S/C25H21F5N6O4/c26-18-5-3-14(9-19(18)27)34-24(39)36(40-23(38)25(28,29)30)15-4-6-21-17(10-15)13(12-33-21)8-20(32)22(37)35-7-1-2-16(35)11-31/h3-6,9-10,12,16,20,33H,1-2,7-8,32H2,(H,34,39). The number of nitrogens with two attached hydrogens (primary N) is 1. The number of carbonyl (C=O) groups excluding carboxylic acids is 3. The van der Waals surface area contributed by atoms with Crippen molar-refractivity contribution in [2.24, 2.45) is 5.73 Å². The van der Waals surface area contributed by atoms with Crippen LogP contribution in [0.5, 0.6) is 0 Å². The van der Waals surface area contributed by atoms with Crippen molar-refractivity contribution in [3.8, 4) is 6.07 Å². The minimum absolute atomic E-state index is 0.0140. The van der Waals surface area contributed by atoms with E-state index >= 15 is 0 Å². The highest BCUT2D eigenvalue weighted by molar-refractivity contribution is 6.03. The van der Waals surface area contributed by atoms with Crippen molar-refractivity contribution in [3.63, 3.8) is 0 Å². The number of hydrogen-bond acceptors (Lipinski definition) is 6. The Morgan fingerprint density at radius 1 is 1.20 bits per heavy atom. The number of hydrogen-bond donors (Lipinski definition) is 3. The van der Waals surface area contributed by atoms with E-state index in [1.165, 1.54) is 29.3 Å². The zero-order valence-electron chi connectivity index (χ0n) is 20.5. The van der Waals surface area contributed by atoms with E-state index in [0.717, 1.165) is 6.07 Å². The van der Waals surface area contributed by atoms with Crippen LogP contribution in [0.15, 0.2) is 42.6 Å². The molecule has 0 radical (unpaired) electrons. The lowest BCUT2D eigenvalue weighted by molar-refractivity contribution is -0.199. The Kier molecular flexibility index (Phi) is 7.91. The lowest BCUT2D eigenvalue weighted by atomic mass is 10.0. The lowest BCUT2D eigenvalue weighted by Crippen LogP contribution is -2.46. The third-order valence-electron chi connectivity index (χ3n) is 6.19. The summed E-state index contributed by atoms with van der Waals surface area (Å²) in [6.07, 6.45) is -2.79. The van der Waals surface area contributed by atoms with Gasteiger partial charge in [0.1, 0.15) is 6.04 Å². The molecule has 1 aliphatic heterocycles. The molecule has 10 nitrogen and oxygen atoms in total. The number of amides is 3. The molecule has 1 fully saturated rings. The molecule has 2 unspecified atom stereocenters. The maximum Gasteiger partial charge on any atom is 0.493 e. The zero-order valence-corrected chi connectivity index (χ0v) is 20.5. The SMILES string of the molecule is N#CC1CCCN1C(=O)C(N)Cc1c[nH]c2ccc(N(OC(=O)C(F)(F)F)C(=O)Nc3ccc(F)c(F)c3)cc12. The molecule has 210 valence electrons. The first-order valence-corrected chi connectivity index (χ1v) is 11.8. The fourth-order valence-corrected chi connectivity index (χ4v) is 4.26. The third-order valence-corrected chi connectivity index (χ3v) is 6.19.